The maximum Gasteiger partial charge on any atom is 0.139 e. The summed E-state index contributed by atoms with van der Waals surface area (Å²) in [4.78, 5) is 14.0. The van der Waals surface area contributed by atoms with Crippen LogP contribution in [0.15, 0.2) is 16.6 Å². The SMILES string of the molecule is O=C(CCc1cc(Br)c(F)cc1N1CCOCC1)C1CC1. The lowest BCUT2D eigenvalue weighted by Crippen LogP contribution is -2.36. The third-order valence-electron chi connectivity index (χ3n) is 4.15. The molecule has 0 amide bonds. The zero-order valence-corrected chi connectivity index (χ0v) is 13.5. The average Bonchev–Trinajstić information content (AvgIpc) is 3.33. The number of nitrogens with zero attached hydrogens (tertiary/aromatic N) is 1. The molecule has 114 valence electrons. The van der Waals surface area contributed by atoms with Crippen LogP contribution in [0.4, 0.5) is 10.1 Å². The van der Waals surface area contributed by atoms with E-state index in [1.807, 2.05) is 6.07 Å². The Morgan fingerprint density at radius 3 is 2.71 bits per heavy atom. The van der Waals surface area contributed by atoms with Crippen LogP contribution in [0.1, 0.15) is 24.8 Å². The number of morpholine rings is 1. The summed E-state index contributed by atoms with van der Waals surface area (Å²) in [5.41, 5.74) is 1.95. The Morgan fingerprint density at radius 1 is 1.33 bits per heavy atom. The van der Waals surface area contributed by atoms with E-state index in [2.05, 4.69) is 20.8 Å². The van der Waals surface area contributed by atoms with E-state index in [-0.39, 0.29) is 5.82 Å². The van der Waals surface area contributed by atoms with Crippen molar-refractivity contribution in [1.82, 2.24) is 0 Å². The van der Waals surface area contributed by atoms with E-state index in [0.717, 1.165) is 37.2 Å². The van der Waals surface area contributed by atoms with Gasteiger partial charge in [0.05, 0.1) is 17.7 Å². The van der Waals surface area contributed by atoms with Crippen LogP contribution in [-0.4, -0.2) is 32.1 Å². The number of rotatable bonds is 5. The van der Waals surface area contributed by atoms with E-state index in [4.69, 9.17) is 4.74 Å². The van der Waals surface area contributed by atoms with Crippen LogP contribution in [0.2, 0.25) is 0 Å². The van der Waals surface area contributed by atoms with Crippen LogP contribution in [0.5, 0.6) is 0 Å². The highest BCUT2D eigenvalue weighted by Gasteiger charge is 2.29. The molecule has 1 saturated heterocycles. The number of benzene rings is 1. The van der Waals surface area contributed by atoms with Gasteiger partial charge in [-0.25, -0.2) is 4.39 Å². The molecule has 0 spiro atoms. The minimum Gasteiger partial charge on any atom is -0.378 e. The first-order valence-electron chi connectivity index (χ1n) is 7.48. The van der Waals surface area contributed by atoms with Crippen LogP contribution >= 0.6 is 15.9 Å². The zero-order valence-electron chi connectivity index (χ0n) is 11.9. The number of halogens is 2. The lowest BCUT2D eigenvalue weighted by molar-refractivity contribution is -0.120. The molecule has 0 atom stereocenters. The number of ketones is 1. The summed E-state index contributed by atoms with van der Waals surface area (Å²) >= 11 is 3.25. The second-order valence-electron chi connectivity index (χ2n) is 5.74. The lowest BCUT2D eigenvalue weighted by Gasteiger charge is -2.31. The molecule has 2 fully saturated rings. The maximum atomic E-state index is 13.9. The summed E-state index contributed by atoms with van der Waals surface area (Å²) in [5, 5.41) is 0. The fraction of sp³-hybridized carbons (Fsp3) is 0.562. The number of aryl methyl sites for hydroxylation is 1. The maximum absolute atomic E-state index is 13.9. The molecule has 0 aromatic heterocycles. The summed E-state index contributed by atoms with van der Waals surface area (Å²) < 4.78 is 19.7. The molecule has 2 aliphatic rings. The fourth-order valence-electron chi connectivity index (χ4n) is 2.74. The molecule has 0 radical (unpaired) electrons. The lowest BCUT2D eigenvalue weighted by atomic mass is 10.0. The first-order chi connectivity index (χ1) is 10.1. The van der Waals surface area contributed by atoms with Gasteiger partial charge in [0.2, 0.25) is 0 Å². The van der Waals surface area contributed by atoms with Gasteiger partial charge >= 0.3 is 0 Å². The van der Waals surface area contributed by atoms with Gasteiger partial charge in [-0.2, -0.15) is 0 Å². The van der Waals surface area contributed by atoms with Crippen molar-refractivity contribution in [2.75, 3.05) is 31.2 Å². The Hall–Kier alpha value is -0.940. The molecule has 1 heterocycles. The quantitative estimate of drug-likeness (QED) is 0.811. The van der Waals surface area contributed by atoms with Gasteiger partial charge in [-0.3, -0.25) is 4.79 Å². The van der Waals surface area contributed by atoms with Gasteiger partial charge in [-0.1, -0.05) is 0 Å². The van der Waals surface area contributed by atoms with Gasteiger partial charge in [0.15, 0.2) is 0 Å². The second-order valence-corrected chi connectivity index (χ2v) is 6.59. The van der Waals surface area contributed by atoms with Crippen LogP contribution in [0, 0.1) is 11.7 Å². The topological polar surface area (TPSA) is 29.5 Å². The van der Waals surface area contributed by atoms with Crippen LogP contribution < -0.4 is 4.90 Å². The molecule has 1 aromatic rings. The number of anilines is 1. The number of carbonyl (C=O) groups is 1. The van der Waals surface area contributed by atoms with Gasteiger partial charge < -0.3 is 9.64 Å². The molecular weight excluding hydrogens is 337 g/mol. The summed E-state index contributed by atoms with van der Waals surface area (Å²) in [5.74, 6) is 0.387. The molecule has 5 heteroatoms. The zero-order chi connectivity index (χ0) is 14.8. The first-order valence-corrected chi connectivity index (χ1v) is 8.28. The van der Waals surface area contributed by atoms with Crippen LogP contribution in [0.25, 0.3) is 0 Å². The molecule has 1 saturated carbocycles. The molecule has 0 N–H and O–H groups in total. The second kappa shape index (κ2) is 6.44. The van der Waals surface area contributed by atoms with E-state index in [1.54, 1.807) is 6.07 Å². The normalized spacial score (nSPS) is 18.9. The van der Waals surface area contributed by atoms with E-state index in [9.17, 15) is 9.18 Å². The van der Waals surface area contributed by atoms with Crippen LogP contribution in [-0.2, 0) is 16.0 Å². The molecule has 0 unspecified atom stereocenters. The summed E-state index contributed by atoms with van der Waals surface area (Å²) in [7, 11) is 0. The van der Waals surface area contributed by atoms with Crippen molar-refractivity contribution in [3.63, 3.8) is 0 Å². The third-order valence-corrected chi connectivity index (χ3v) is 4.75. The largest absolute Gasteiger partial charge is 0.378 e. The Bertz CT molecular complexity index is 539. The molecule has 1 aromatic carbocycles. The number of ether oxygens (including phenoxy) is 1. The molecule has 21 heavy (non-hydrogen) atoms. The highest BCUT2D eigenvalue weighted by atomic mass is 79.9. The summed E-state index contributed by atoms with van der Waals surface area (Å²) in [6.07, 6.45) is 3.32. The van der Waals surface area contributed by atoms with Gasteiger partial charge in [0, 0.05) is 31.1 Å². The number of hydrogen-bond donors (Lipinski definition) is 0. The minimum atomic E-state index is -0.256. The third kappa shape index (κ3) is 3.64. The Morgan fingerprint density at radius 2 is 2.05 bits per heavy atom. The molecule has 3 nitrogen and oxygen atoms in total. The smallest absolute Gasteiger partial charge is 0.139 e. The standard InChI is InChI=1S/C16H19BrFNO2/c17-13-9-12(3-4-16(20)11-1-2-11)15(10-14(13)18)19-5-7-21-8-6-19/h9-11H,1-8H2. The monoisotopic (exact) mass is 355 g/mol. The Kier molecular flexibility index (Phi) is 4.60. The summed E-state index contributed by atoms with van der Waals surface area (Å²) in [6.45, 7) is 2.87. The Labute approximate surface area is 132 Å². The number of Topliss-reactive ketones (excluding diaryl/α,β-unsaturated/α-hetero) is 1. The molecule has 3 rings (SSSR count). The van der Waals surface area contributed by atoms with Gasteiger partial charge in [0.25, 0.3) is 0 Å². The number of hydrogen-bond acceptors (Lipinski definition) is 3. The molecular formula is C16H19BrFNO2. The van der Waals surface area contributed by atoms with Crippen molar-refractivity contribution in [2.24, 2.45) is 5.92 Å². The first kappa shape index (κ1) is 15.0. The predicted molar refractivity (Wildman–Crippen MR) is 83.2 cm³/mol. The highest BCUT2D eigenvalue weighted by molar-refractivity contribution is 9.10. The van der Waals surface area contributed by atoms with Crippen molar-refractivity contribution >= 4 is 27.4 Å². The van der Waals surface area contributed by atoms with Gasteiger partial charge in [0.1, 0.15) is 11.6 Å². The molecule has 1 aliphatic heterocycles. The average molecular weight is 356 g/mol. The molecule has 1 aliphatic carbocycles. The van der Waals surface area contributed by atoms with Crippen molar-refractivity contribution < 1.29 is 13.9 Å². The Balaban J connectivity index is 1.78. The summed E-state index contributed by atoms with van der Waals surface area (Å²) in [6, 6.07) is 3.40. The van der Waals surface area contributed by atoms with E-state index in [1.165, 1.54) is 0 Å². The highest BCUT2D eigenvalue weighted by Crippen LogP contribution is 2.33. The van der Waals surface area contributed by atoms with Crippen molar-refractivity contribution in [2.45, 2.75) is 25.7 Å². The van der Waals surface area contributed by atoms with Crippen molar-refractivity contribution in [1.29, 1.82) is 0 Å². The number of carbonyl (C=O) groups excluding carboxylic acids is 1. The van der Waals surface area contributed by atoms with Gasteiger partial charge in [-0.15, -0.1) is 0 Å². The van der Waals surface area contributed by atoms with Crippen molar-refractivity contribution in [3.8, 4) is 0 Å². The predicted octanol–water partition coefficient (Wildman–Crippen LogP) is 3.34. The minimum absolute atomic E-state index is 0.256. The van der Waals surface area contributed by atoms with Crippen molar-refractivity contribution in [3.05, 3.63) is 28.0 Å². The fourth-order valence-corrected chi connectivity index (χ4v) is 3.13. The van der Waals surface area contributed by atoms with Gasteiger partial charge in [-0.05, 0) is 52.9 Å². The van der Waals surface area contributed by atoms with E-state index >= 15 is 0 Å². The van der Waals surface area contributed by atoms with E-state index in [0.29, 0.717) is 42.2 Å². The molecule has 0 bridgehead atoms. The van der Waals surface area contributed by atoms with Crippen LogP contribution in [0.3, 0.4) is 0 Å². The van der Waals surface area contributed by atoms with E-state index < -0.39 is 0 Å².